The van der Waals surface area contributed by atoms with Crippen LogP contribution in [0.3, 0.4) is 0 Å². The predicted molar refractivity (Wildman–Crippen MR) is 147 cm³/mol. The molecule has 1 aromatic heterocycles. The van der Waals surface area contributed by atoms with Gasteiger partial charge in [-0.1, -0.05) is 17.7 Å². The lowest BCUT2D eigenvalue weighted by Crippen LogP contribution is -2.47. The Labute approximate surface area is 226 Å². The molecule has 0 bridgehead atoms. The van der Waals surface area contributed by atoms with Gasteiger partial charge in [-0.2, -0.15) is 0 Å². The zero-order valence-corrected chi connectivity index (χ0v) is 22.2. The van der Waals surface area contributed by atoms with E-state index in [1.807, 2.05) is 37.0 Å². The first-order chi connectivity index (χ1) is 18.4. The van der Waals surface area contributed by atoms with E-state index >= 15 is 0 Å². The molecule has 2 aliphatic rings. The maximum absolute atomic E-state index is 13.6. The van der Waals surface area contributed by atoms with E-state index in [0.717, 1.165) is 11.1 Å². The second-order valence-corrected chi connectivity index (χ2v) is 10.3. The summed E-state index contributed by atoms with van der Waals surface area (Å²) >= 11 is 5.95. The maximum Gasteiger partial charge on any atom is 0.246 e. The highest BCUT2D eigenvalue weighted by Crippen LogP contribution is 2.36. The Balaban J connectivity index is 1.34. The predicted octanol–water partition coefficient (Wildman–Crippen LogP) is 5.56. The van der Waals surface area contributed by atoms with Crippen LogP contribution in [0.4, 0.5) is 21.6 Å². The Morgan fingerprint density at radius 2 is 2.00 bits per heavy atom. The third-order valence-electron chi connectivity index (χ3n) is 6.49. The van der Waals surface area contributed by atoms with Gasteiger partial charge in [0.2, 0.25) is 5.91 Å². The summed E-state index contributed by atoms with van der Waals surface area (Å²) in [6.45, 7) is 6.19. The molecule has 1 saturated carbocycles. The molecule has 38 heavy (non-hydrogen) atoms. The summed E-state index contributed by atoms with van der Waals surface area (Å²) in [5, 5.41) is 7.35. The molecule has 8 nitrogen and oxygen atoms in total. The average Bonchev–Trinajstić information content (AvgIpc) is 3.71. The molecule has 0 spiro atoms. The van der Waals surface area contributed by atoms with Crippen molar-refractivity contribution >= 4 is 45.6 Å². The van der Waals surface area contributed by atoms with Gasteiger partial charge in [-0.25, -0.2) is 14.4 Å². The first-order valence-electron chi connectivity index (χ1n) is 12.8. The minimum absolute atomic E-state index is 0.0220. The molecule has 1 saturated heterocycles. The normalized spacial score (nSPS) is 19.6. The lowest BCUT2D eigenvalue weighted by atomic mass is 10.1. The molecule has 0 radical (unpaired) electrons. The highest BCUT2D eigenvalue weighted by atomic mass is 35.5. The number of amides is 1. The van der Waals surface area contributed by atoms with Crippen LogP contribution in [0.15, 0.2) is 48.8 Å². The van der Waals surface area contributed by atoms with E-state index in [0.29, 0.717) is 54.9 Å². The average molecular weight is 540 g/mol. The van der Waals surface area contributed by atoms with E-state index in [1.54, 1.807) is 12.1 Å². The van der Waals surface area contributed by atoms with E-state index in [2.05, 4.69) is 20.6 Å². The van der Waals surface area contributed by atoms with Crippen molar-refractivity contribution in [2.24, 2.45) is 5.92 Å². The standard InChI is InChI=1S/C28H31ClFN5O3/c1-17-13-35(14-18(2)38-17)27(36)4-3-9-31-25-11-21-24(12-26(25)37-15-19-5-6-19)32-16-33-28(21)34-20-7-8-23(30)22(29)10-20/h3-4,7-8,10-12,16-19,31H,5-6,9,13-15H2,1-2H3,(H,32,33,34). The number of ether oxygens (including phenoxy) is 2. The number of hydrogen-bond acceptors (Lipinski definition) is 7. The highest BCUT2D eigenvalue weighted by molar-refractivity contribution is 6.31. The van der Waals surface area contributed by atoms with Crippen molar-refractivity contribution in [3.05, 3.63) is 59.7 Å². The summed E-state index contributed by atoms with van der Waals surface area (Å²) in [7, 11) is 0. The molecule has 2 heterocycles. The van der Waals surface area contributed by atoms with Crippen molar-refractivity contribution in [2.45, 2.75) is 38.9 Å². The fourth-order valence-corrected chi connectivity index (χ4v) is 4.62. The van der Waals surface area contributed by atoms with Crippen LogP contribution < -0.4 is 15.4 Å². The molecule has 2 unspecified atom stereocenters. The van der Waals surface area contributed by atoms with Crippen molar-refractivity contribution in [3.8, 4) is 5.75 Å². The third kappa shape index (κ3) is 6.52. The van der Waals surface area contributed by atoms with Gasteiger partial charge < -0.3 is 25.0 Å². The number of carbonyl (C=O) groups is 1. The highest BCUT2D eigenvalue weighted by Gasteiger charge is 2.25. The quantitative estimate of drug-likeness (QED) is 0.344. The van der Waals surface area contributed by atoms with E-state index in [4.69, 9.17) is 21.1 Å². The summed E-state index contributed by atoms with van der Waals surface area (Å²) in [5.74, 6) is 1.30. The van der Waals surface area contributed by atoms with Gasteiger partial charge in [-0.3, -0.25) is 4.79 Å². The lowest BCUT2D eigenvalue weighted by molar-refractivity contribution is -0.138. The first-order valence-corrected chi connectivity index (χ1v) is 13.2. The van der Waals surface area contributed by atoms with Crippen LogP contribution in [0.1, 0.15) is 26.7 Å². The van der Waals surface area contributed by atoms with Crippen LogP contribution >= 0.6 is 11.6 Å². The number of rotatable bonds is 9. The molecular weight excluding hydrogens is 509 g/mol. The van der Waals surface area contributed by atoms with Gasteiger partial charge in [0.1, 0.15) is 23.7 Å². The van der Waals surface area contributed by atoms with E-state index in [-0.39, 0.29) is 23.1 Å². The number of aromatic nitrogens is 2. The van der Waals surface area contributed by atoms with Crippen LogP contribution in [0.2, 0.25) is 5.02 Å². The minimum atomic E-state index is -0.488. The molecule has 2 fully saturated rings. The van der Waals surface area contributed by atoms with Gasteiger partial charge in [0.25, 0.3) is 0 Å². The molecule has 2 N–H and O–H groups in total. The fourth-order valence-electron chi connectivity index (χ4n) is 4.44. The van der Waals surface area contributed by atoms with E-state index < -0.39 is 5.82 Å². The monoisotopic (exact) mass is 539 g/mol. The van der Waals surface area contributed by atoms with Crippen LogP contribution in [0, 0.1) is 11.7 Å². The number of fused-ring (bicyclic) bond motifs is 1. The molecule has 1 amide bonds. The minimum Gasteiger partial charge on any atom is -0.491 e. The van der Waals surface area contributed by atoms with Crippen molar-refractivity contribution in [1.29, 1.82) is 0 Å². The SMILES string of the molecule is CC1CN(C(=O)C=CCNc2cc3c(Nc4ccc(F)c(Cl)c4)ncnc3cc2OCC2CC2)CC(C)O1. The Kier molecular flexibility index (Phi) is 7.95. The summed E-state index contributed by atoms with van der Waals surface area (Å²) in [6, 6.07) is 8.22. The first kappa shape index (κ1) is 26.2. The van der Waals surface area contributed by atoms with E-state index in [9.17, 15) is 9.18 Å². The number of carbonyl (C=O) groups excluding carboxylic acids is 1. The molecular formula is C28H31ClFN5O3. The topological polar surface area (TPSA) is 88.6 Å². The van der Waals surface area contributed by atoms with Gasteiger partial charge in [0, 0.05) is 42.9 Å². The molecule has 1 aliphatic heterocycles. The second-order valence-electron chi connectivity index (χ2n) is 9.88. The third-order valence-corrected chi connectivity index (χ3v) is 6.78. The number of nitrogens with zero attached hydrogens (tertiary/aromatic N) is 3. The van der Waals surface area contributed by atoms with Crippen LogP contribution in [0.5, 0.6) is 5.75 Å². The molecule has 10 heteroatoms. The second kappa shape index (κ2) is 11.5. The lowest BCUT2D eigenvalue weighted by Gasteiger charge is -2.34. The van der Waals surface area contributed by atoms with Gasteiger partial charge in [-0.05, 0) is 56.9 Å². The Morgan fingerprint density at radius 3 is 2.74 bits per heavy atom. The van der Waals surface area contributed by atoms with Gasteiger partial charge >= 0.3 is 0 Å². The fraction of sp³-hybridized carbons (Fsp3) is 0.393. The zero-order chi connectivity index (χ0) is 26.6. The molecule has 5 rings (SSSR count). The number of benzene rings is 2. The smallest absolute Gasteiger partial charge is 0.246 e. The van der Waals surface area contributed by atoms with Crippen molar-refractivity contribution in [2.75, 3.05) is 36.9 Å². The number of morpholine rings is 1. The molecule has 200 valence electrons. The number of nitrogens with one attached hydrogen (secondary N) is 2. The summed E-state index contributed by atoms with van der Waals surface area (Å²) < 4.78 is 25.5. The van der Waals surface area contributed by atoms with E-state index in [1.165, 1.54) is 31.3 Å². The summed E-state index contributed by atoms with van der Waals surface area (Å²) in [5.41, 5.74) is 2.07. The number of halogens is 2. The molecule has 1 aliphatic carbocycles. The van der Waals surface area contributed by atoms with Gasteiger partial charge in [0.05, 0.1) is 35.0 Å². The molecule has 3 aromatic rings. The summed E-state index contributed by atoms with van der Waals surface area (Å²) in [4.78, 5) is 23.3. The van der Waals surface area contributed by atoms with Gasteiger partial charge in [0.15, 0.2) is 0 Å². The maximum atomic E-state index is 13.6. The largest absolute Gasteiger partial charge is 0.491 e. The molecule has 2 aromatic carbocycles. The Hall–Kier alpha value is -3.43. The van der Waals surface area contributed by atoms with Gasteiger partial charge in [-0.15, -0.1) is 0 Å². The molecule has 2 atom stereocenters. The number of hydrogen-bond donors (Lipinski definition) is 2. The zero-order valence-electron chi connectivity index (χ0n) is 21.4. The Morgan fingerprint density at radius 1 is 1.21 bits per heavy atom. The van der Waals surface area contributed by atoms with Crippen LogP contribution in [0.25, 0.3) is 10.9 Å². The van der Waals surface area contributed by atoms with Crippen LogP contribution in [-0.4, -0.2) is 59.2 Å². The van der Waals surface area contributed by atoms with Crippen molar-refractivity contribution < 1.29 is 18.7 Å². The van der Waals surface area contributed by atoms with Crippen molar-refractivity contribution in [1.82, 2.24) is 14.9 Å². The number of anilines is 3. The summed E-state index contributed by atoms with van der Waals surface area (Å²) in [6.07, 6.45) is 7.27. The Bertz CT molecular complexity index is 1340. The van der Waals surface area contributed by atoms with Crippen LogP contribution in [-0.2, 0) is 9.53 Å². The van der Waals surface area contributed by atoms with Crippen molar-refractivity contribution in [3.63, 3.8) is 0 Å².